The van der Waals surface area contributed by atoms with E-state index in [0.717, 1.165) is 16.8 Å². The number of benzene rings is 2. The van der Waals surface area contributed by atoms with Crippen molar-refractivity contribution in [1.82, 2.24) is 0 Å². The van der Waals surface area contributed by atoms with Gasteiger partial charge in [0.15, 0.2) is 0 Å². The van der Waals surface area contributed by atoms with E-state index in [0.29, 0.717) is 12.1 Å². The monoisotopic (exact) mass is 269 g/mol. The van der Waals surface area contributed by atoms with Gasteiger partial charge in [-0.15, -0.1) is 0 Å². The summed E-state index contributed by atoms with van der Waals surface area (Å²) in [5, 5.41) is 9.31. The van der Waals surface area contributed by atoms with E-state index < -0.39 is 5.97 Å². The van der Waals surface area contributed by atoms with Crippen LogP contribution in [0.3, 0.4) is 0 Å². The van der Waals surface area contributed by atoms with Crippen LogP contribution < -0.4 is 4.90 Å². The number of carbonyl (C=O) groups is 1. The predicted octanol–water partition coefficient (Wildman–Crippen LogP) is 3.64. The van der Waals surface area contributed by atoms with Gasteiger partial charge in [-0.2, -0.15) is 0 Å². The molecule has 0 amide bonds. The van der Waals surface area contributed by atoms with E-state index in [1.165, 1.54) is 5.56 Å². The largest absolute Gasteiger partial charge is 0.478 e. The molecule has 0 unspecified atom stereocenters. The van der Waals surface area contributed by atoms with Crippen LogP contribution in [0.25, 0.3) is 0 Å². The minimum Gasteiger partial charge on any atom is -0.478 e. The summed E-state index contributed by atoms with van der Waals surface area (Å²) >= 11 is 0. The molecule has 0 aliphatic rings. The molecule has 0 aliphatic heterocycles. The third kappa shape index (κ3) is 3.18. The van der Waals surface area contributed by atoms with Crippen LogP contribution >= 0.6 is 0 Å². The summed E-state index contributed by atoms with van der Waals surface area (Å²) in [6.45, 7) is 4.63. The van der Waals surface area contributed by atoms with Gasteiger partial charge in [0.05, 0.1) is 11.3 Å². The van der Waals surface area contributed by atoms with Gasteiger partial charge in [-0.25, -0.2) is 4.79 Å². The zero-order valence-corrected chi connectivity index (χ0v) is 12.1. The third-order valence-corrected chi connectivity index (χ3v) is 3.33. The molecular formula is C17H19NO2. The van der Waals surface area contributed by atoms with Gasteiger partial charge >= 0.3 is 5.97 Å². The first kappa shape index (κ1) is 14.1. The predicted molar refractivity (Wildman–Crippen MR) is 81.4 cm³/mol. The van der Waals surface area contributed by atoms with E-state index in [1.807, 2.05) is 31.0 Å². The standard InChI is InChI=1S/C17H19NO2/c1-12-4-7-14(8-5-12)11-18(3)16-9-6-13(2)10-15(16)17(19)20/h4-10H,11H2,1-3H3,(H,19,20). The van der Waals surface area contributed by atoms with E-state index in [1.54, 1.807) is 6.07 Å². The summed E-state index contributed by atoms with van der Waals surface area (Å²) in [5.74, 6) is -0.889. The molecule has 3 nitrogen and oxygen atoms in total. The molecule has 3 heteroatoms. The van der Waals surface area contributed by atoms with Crippen molar-refractivity contribution in [2.45, 2.75) is 20.4 Å². The Hall–Kier alpha value is -2.29. The topological polar surface area (TPSA) is 40.5 Å². The molecule has 0 bridgehead atoms. The fraction of sp³-hybridized carbons (Fsp3) is 0.235. The van der Waals surface area contributed by atoms with Gasteiger partial charge < -0.3 is 10.0 Å². The van der Waals surface area contributed by atoms with Crippen molar-refractivity contribution in [3.05, 3.63) is 64.7 Å². The Morgan fingerprint density at radius 1 is 1.05 bits per heavy atom. The Morgan fingerprint density at radius 2 is 1.65 bits per heavy atom. The summed E-state index contributed by atoms with van der Waals surface area (Å²) in [6, 6.07) is 13.8. The molecule has 0 aromatic heterocycles. The van der Waals surface area contributed by atoms with Crippen LogP contribution in [0.2, 0.25) is 0 Å². The number of anilines is 1. The lowest BCUT2D eigenvalue weighted by Gasteiger charge is -2.21. The first-order valence-corrected chi connectivity index (χ1v) is 6.58. The van der Waals surface area contributed by atoms with Crippen molar-refractivity contribution in [3.63, 3.8) is 0 Å². The van der Waals surface area contributed by atoms with Crippen LogP contribution in [-0.4, -0.2) is 18.1 Å². The maximum atomic E-state index is 11.3. The Balaban J connectivity index is 2.27. The average molecular weight is 269 g/mol. The first-order chi connectivity index (χ1) is 9.47. The van der Waals surface area contributed by atoms with Gasteiger partial charge in [-0.1, -0.05) is 41.5 Å². The highest BCUT2D eigenvalue weighted by molar-refractivity contribution is 5.94. The van der Waals surface area contributed by atoms with Crippen molar-refractivity contribution in [3.8, 4) is 0 Å². The number of hydrogen-bond donors (Lipinski definition) is 1. The Labute approximate surface area is 119 Å². The highest BCUT2D eigenvalue weighted by Crippen LogP contribution is 2.22. The second kappa shape index (κ2) is 5.78. The van der Waals surface area contributed by atoms with Crippen molar-refractivity contribution >= 4 is 11.7 Å². The van der Waals surface area contributed by atoms with E-state index in [-0.39, 0.29) is 0 Å². The SMILES string of the molecule is Cc1ccc(CN(C)c2ccc(C)cc2C(=O)O)cc1. The van der Waals surface area contributed by atoms with Crippen molar-refractivity contribution in [2.24, 2.45) is 0 Å². The second-order valence-corrected chi connectivity index (χ2v) is 5.17. The zero-order valence-electron chi connectivity index (χ0n) is 12.1. The van der Waals surface area contributed by atoms with Crippen molar-refractivity contribution < 1.29 is 9.90 Å². The van der Waals surface area contributed by atoms with Crippen LogP contribution in [-0.2, 0) is 6.54 Å². The number of aryl methyl sites for hydroxylation is 2. The maximum Gasteiger partial charge on any atom is 0.337 e. The van der Waals surface area contributed by atoms with Gasteiger partial charge in [-0.3, -0.25) is 0 Å². The van der Waals surface area contributed by atoms with Crippen LogP contribution in [0.5, 0.6) is 0 Å². The van der Waals surface area contributed by atoms with E-state index >= 15 is 0 Å². The smallest absolute Gasteiger partial charge is 0.337 e. The van der Waals surface area contributed by atoms with Gasteiger partial charge in [0.1, 0.15) is 0 Å². The lowest BCUT2D eigenvalue weighted by atomic mass is 10.1. The van der Waals surface area contributed by atoms with E-state index in [2.05, 4.69) is 31.2 Å². The maximum absolute atomic E-state index is 11.3. The van der Waals surface area contributed by atoms with Gasteiger partial charge in [0, 0.05) is 13.6 Å². The summed E-state index contributed by atoms with van der Waals surface area (Å²) in [6.07, 6.45) is 0. The lowest BCUT2D eigenvalue weighted by Crippen LogP contribution is -2.19. The first-order valence-electron chi connectivity index (χ1n) is 6.58. The number of hydrogen-bond acceptors (Lipinski definition) is 2. The third-order valence-electron chi connectivity index (χ3n) is 3.33. The van der Waals surface area contributed by atoms with Gasteiger partial charge in [-0.05, 0) is 31.5 Å². The fourth-order valence-electron chi connectivity index (χ4n) is 2.21. The molecule has 0 fully saturated rings. The molecule has 2 aromatic carbocycles. The lowest BCUT2D eigenvalue weighted by molar-refractivity contribution is 0.0697. The molecule has 0 saturated carbocycles. The molecule has 0 atom stereocenters. The Kier molecular flexibility index (Phi) is 4.08. The number of carboxylic acid groups (broad SMARTS) is 1. The highest BCUT2D eigenvalue weighted by atomic mass is 16.4. The van der Waals surface area contributed by atoms with Gasteiger partial charge in [0.2, 0.25) is 0 Å². The fourth-order valence-corrected chi connectivity index (χ4v) is 2.21. The Morgan fingerprint density at radius 3 is 2.25 bits per heavy atom. The molecule has 2 rings (SSSR count). The molecule has 0 saturated heterocycles. The molecular weight excluding hydrogens is 250 g/mol. The van der Waals surface area contributed by atoms with E-state index in [4.69, 9.17) is 0 Å². The minimum absolute atomic E-state index is 0.347. The van der Waals surface area contributed by atoms with Crippen molar-refractivity contribution in [1.29, 1.82) is 0 Å². The molecule has 20 heavy (non-hydrogen) atoms. The molecule has 104 valence electrons. The van der Waals surface area contributed by atoms with Crippen LogP contribution in [0, 0.1) is 13.8 Å². The van der Waals surface area contributed by atoms with Gasteiger partial charge in [0.25, 0.3) is 0 Å². The molecule has 0 radical (unpaired) electrons. The highest BCUT2D eigenvalue weighted by Gasteiger charge is 2.13. The van der Waals surface area contributed by atoms with Crippen LogP contribution in [0.1, 0.15) is 27.0 Å². The quantitative estimate of drug-likeness (QED) is 0.921. The van der Waals surface area contributed by atoms with E-state index in [9.17, 15) is 9.90 Å². The van der Waals surface area contributed by atoms with Crippen molar-refractivity contribution in [2.75, 3.05) is 11.9 Å². The molecule has 2 aromatic rings. The molecule has 0 spiro atoms. The summed E-state index contributed by atoms with van der Waals surface area (Å²) in [4.78, 5) is 13.3. The number of rotatable bonds is 4. The molecule has 0 aliphatic carbocycles. The van der Waals surface area contributed by atoms with Crippen LogP contribution in [0.4, 0.5) is 5.69 Å². The second-order valence-electron chi connectivity index (χ2n) is 5.17. The summed E-state index contributed by atoms with van der Waals surface area (Å²) in [5.41, 5.74) is 4.42. The summed E-state index contributed by atoms with van der Waals surface area (Å²) in [7, 11) is 1.91. The molecule has 1 N–H and O–H groups in total. The average Bonchev–Trinajstić information content (AvgIpc) is 2.41. The molecule has 0 heterocycles. The summed E-state index contributed by atoms with van der Waals surface area (Å²) < 4.78 is 0. The number of nitrogens with zero attached hydrogens (tertiary/aromatic N) is 1. The number of carboxylic acids is 1. The number of aromatic carboxylic acids is 1. The minimum atomic E-state index is -0.889. The van der Waals surface area contributed by atoms with Crippen LogP contribution in [0.15, 0.2) is 42.5 Å². The Bertz CT molecular complexity index is 617. The zero-order chi connectivity index (χ0) is 14.7. The normalized spacial score (nSPS) is 10.3.